The van der Waals surface area contributed by atoms with Gasteiger partial charge in [-0.25, -0.2) is 24.3 Å². The Morgan fingerprint density at radius 1 is 1.23 bits per heavy atom. The van der Waals surface area contributed by atoms with Crippen LogP contribution < -0.4 is 15.0 Å². The molecular formula is C20H18ClFN6O2. The molecule has 1 N–H and O–H groups in total. The summed E-state index contributed by atoms with van der Waals surface area (Å²) in [6.07, 6.45) is 4.99. The van der Waals surface area contributed by atoms with Gasteiger partial charge in [0.2, 0.25) is 0 Å². The molecule has 10 heteroatoms. The number of nitrogens with zero attached hydrogens (tertiary/aromatic N) is 5. The molecule has 0 spiro atoms. The number of carbonyl (C=O) groups excluding carboxylic acids is 1. The van der Waals surface area contributed by atoms with E-state index in [1.807, 2.05) is 11.8 Å². The maximum atomic E-state index is 13.3. The Balaban J connectivity index is 1.42. The minimum atomic E-state index is -0.496. The number of carbonyl (C=O) groups is 1. The normalized spacial score (nSPS) is 13.6. The van der Waals surface area contributed by atoms with Gasteiger partial charge in [-0.15, -0.1) is 0 Å². The predicted octanol–water partition coefficient (Wildman–Crippen LogP) is 3.14. The summed E-state index contributed by atoms with van der Waals surface area (Å²) in [5.41, 5.74) is 1.01. The lowest BCUT2D eigenvalue weighted by molar-refractivity contribution is 0.102. The number of ether oxygens (including phenoxy) is 1. The van der Waals surface area contributed by atoms with Crippen LogP contribution in [0.1, 0.15) is 23.1 Å². The fraction of sp³-hybridized carbons (Fsp3) is 0.250. The molecule has 154 valence electrons. The Bertz CT molecular complexity index is 1080. The van der Waals surface area contributed by atoms with E-state index in [1.165, 1.54) is 36.9 Å². The van der Waals surface area contributed by atoms with E-state index in [0.29, 0.717) is 30.5 Å². The number of hydrogen-bond donors (Lipinski definition) is 1. The molecular weight excluding hydrogens is 411 g/mol. The first-order valence-electron chi connectivity index (χ1n) is 9.33. The first-order chi connectivity index (χ1) is 14.5. The van der Waals surface area contributed by atoms with Gasteiger partial charge in [0.25, 0.3) is 5.91 Å². The maximum absolute atomic E-state index is 13.3. The second-order valence-corrected chi connectivity index (χ2v) is 7.06. The van der Waals surface area contributed by atoms with Crippen LogP contribution in [0.5, 0.6) is 5.75 Å². The Labute approximate surface area is 177 Å². The zero-order chi connectivity index (χ0) is 21.1. The quantitative estimate of drug-likeness (QED) is 0.644. The summed E-state index contributed by atoms with van der Waals surface area (Å²) in [4.78, 5) is 31.3. The van der Waals surface area contributed by atoms with Crippen LogP contribution in [0.25, 0.3) is 0 Å². The largest absolute Gasteiger partial charge is 0.487 e. The van der Waals surface area contributed by atoms with Gasteiger partial charge < -0.3 is 15.0 Å². The third-order valence-electron chi connectivity index (χ3n) is 4.56. The number of amides is 1. The van der Waals surface area contributed by atoms with Gasteiger partial charge in [-0.3, -0.25) is 4.79 Å². The molecule has 0 radical (unpaired) electrons. The van der Waals surface area contributed by atoms with Crippen LogP contribution in [-0.4, -0.2) is 45.0 Å². The van der Waals surface area contributed by atoms with Crippen molar-refractivity contribution in [3.8, 4) is 5.75 Å². The zero-order valence-electron chi connectivity index (χ0n) is 16.0. The summed E-state index contributed by atoms with van der Waals surface area (Å²) in [5, 5.41) is 2.75. The molecule has 0 unspecified atom stereocenters. The molecule has 2 aromatic heterocycles. The highest BCUT2D eigenvalue weighted by molar-refractivity contribution is 6.30. The highest BCUT2D eigenvalue weighted by atomic mass is 35.5. The molecule has 1 fully saturated rings. The van der Waals surface area contributed by atoms with Crippen LogP contribution in [0.2, 0.25) is 5.02 Å². The van der Waals surface area contributed by atoms with E-state index in [4.69, 9.17) is 16.3 Å². The first kappa shape index (κ1) is 20.0. The summed E-state index contributed by atoms with van der Waals surface area (Å²) in [7, 11) is 0. The van der Waals surface area contributed by atoms with Gasteiger partial charge in [-0.05, 0) is 18.6 Å². The van der Waals surface area contributed by atoms with Crippen LogP contribution in [0.15, 0.2) is 43.0 Å². The first-order valence-corrected chi connectivity index (χ1v) is 9.71. The van der Waals surface area contributed by atoms with E-state index in [2.05, 4.69) is 25.3 Å². The van der Waals surface area contributed by atoms with Gasteiger partial charge in [0.15, 0.2) is 11.5 Å². The minimum Gasteiger partial charge on any atom is -0.487 e. The number of nitrogens with one attached hydrogen (secondary N) is 1. The molecule has 3 aromatic rings. The van der Waals surface area contributed by atoms with Crippen molar-refractivity contribution >= 4 is 29.1 Å². The van der Waals surface area contributed by atoms with E-state index in [0.717, 1.165) is 12.1 Å². The molecule has 1 aliphatic rings. The van der Waals surface area contributed by atoms with Crippen LogP contribution in [-0.2, 0) is 6.42 Å². The molecule has 1 amide bonds. The number of halogens is 2. The SMILES string of the molecule is CCc1cc(NC(=O)c2nccnc2N2CC(Oc3ccc(F)c(Cl)c3)C2)ncn1. The van der Waals surface area contributed by atoms with Crippen molar-refractivity contribution in [2.24, 2.45) is 0 Å². The fourth-order valence-electron chi connectivity index (χ4n) is 2.99. The smallest absolute Gasteiger partial charge is 0.279 e. The number of hydrogen-bond acceptors (Lipinski definition) is 7. The highest BCUT2D eigenvalue weighted by Gasteiger charge is 2.33. The summed E-state index contributed by atoms with van der Waals surface area (Å²) < 4.78 is 19.1. The average Bonchev–Trinajstić information content (AvgIpc) is 2.73. The van der Waals surface area contributed by atoms with Gasteiger partial charge >= 0.3 is 0 Å². The van der Waals surface area contributed by atoms with Gasteiger partial charge in [0.05, 0.1) is 18.1 Å². The van der Waals surface area contributed by atoms with Crippen molar-refractivity contribution in [1.29, 1.82) is 0 Å². The average molecular weight is 429 g/mol. The molecule has 30 heavy (non-hydrogen) atoms. The summed E-state index contributed by atoms with van der Waals surface area (Å²) in [5.74, 6) is 0.439. The lowest BCUT2D eigenvalue weighted by atomic mass is 10.1. The third-order valence-corrected chi connectivity index (χ3v) is 4.85. The van der Waals surface area contributed by atoms with Crippen molar-refractivity contribution < 1.29 is 13.9 Å². The molecule has 0 bridgehead atoms. The van der Waals surface area contributed by atoms with Crippen molar-refractivity contribution in [2.75, 3.05) is 23.3 Å². The van der Waals surface area contributed by atoms with Gasteiger partial charge in [-0.1, -0.05) is 18.5 Å². The molecule has 1 saturated heterocycles. The Hall–Kier alpha value is -3.33. The number of aromatic nitrogens is 4. The predicted molar refractivity (Wildman–Crippen MR) is 109 cm³/mol. The lowest BCUT2D eigenvalue weighted by Crippen LogP contribution is -2.54. The van der Waals surface area contributed by atoms with E-state index >= 15 is 0 Å². The van der Waals surface area contributed by atoms with E-state index in [9.17, 15) is 9.18 Å². The van der Waals surface area contributed by atoms with E-state index in [-0.39, 0.29) is 16.8 Å². The number of aryl methyl sites for hydroxylation is 1. The molecule has 0 aliphatic carbocycles. The molecule has 8 nitrogen and oxygen atoms in total. The van der Waals surface area contributed by atoms with Gasteiger partial charge in [0.1, 0.15) is 29.8 Å². The topological polar surface area (TPSA) is 93.1 Å². The summed E-state index contributed by atoms with van der Waals surface area (Å²) in [6, 6.07) is 5.94. The van der Waals surface area contributed by atoms with Gasteiger partial charge in [-0.2, -0.15) is 0 Å². The standard InChI is InChI=1S/C20H18ClFN6O2/c1-2-12-7-17(26-11-25-12)27-20(29)18-19(24-6-5-23-18)28-9-14(10-28)30-13-3-4-16(22)15(21)8-13/h3-8,11,14H,2,9-10H2,1H3,(H,25,26,27,29). The highest BCUT2D eigenvalue weighted by Crippen LogP contribution is 2.27. The summed E-state index contributed by atoms with van der Waals surface area (Å²) >= 11 is 5.79. The minimum absolute atomic E-state index is 0.00696. The van der Waals surface area contributed by atoms with Gasteiger partial charge in [0, 0.05) is 30.2 Å². The summed E-state index contributed by atoms with van der Waals surface area (Å²) in [6.45, 7) is 2.97. The second kappa shape index (κ2) is 8.58. The Kier molecular flexibility index (Phi) is 5.71. The maximum Gasteiger partial charge on any atom is 0.279 e. The Morgan fingerprint density at radius 3 is 2.80 bits per heavy atom. The molecule has 0 saturated carbocycles. The lowest BCUT2D eigenvalue weighted by Gasteiger charge is -2.40. The number of anilines is 2. The zero-order valence-corrected chi connectivity index (χ0v) is 16.8. The van der Waals surface area contributed by atoms with Crippen LogP contribution in [0, 0.1) is 5.82 Å². The van der Waals surface area contributed by atoms with Crippen LogP contribution in [0.4, 0.5) is 16.0 Å². The monoisotopic (exact) mass is 428 g/mol. The third kappa shape index (κ3) is 4.30. The van der Waals surface area contributed by atoms with Crippen molar-refractivity contribution in [2.45, 2.75) is 19.4 Å². The van der Waals surface area contributed by atoms with E-state index < -0.39 is 11.7 Å². The molecule has 4 rings (SSSR count). The Morgan fingerprint density at radius 2 is 2.03 bits per heavy atom. The number of rotatable bonds is 6. The van der Waals surface area contributed by atoms with E-state index in [1.54, 1.807) is 6.07 Å². The number of benzene rings is 1. The molecule has 1 aliphatic heterocycles. The molecule has 1 aromatic carbocycles. The molecule has 3 heterocycles. The van der Waals surface area contributed by atoms with Crippen molar-refractivity contribution in [3.63, 3.8) is 0 Å². The van der Waals surface area contributed by atoms with Crippen LogP contribution >= 0.6 is 11.6 Å². The van der Waals surface area contributed by atoms with Crippen LogP contribution in [0.3, 0.4) is 0 Å². The second-order valence-electron chi connectivity index (χ2n) is 6.65. The van der Waals surface area contributed by atoms with Crippen molar-refractivity contribution in [3.05, 3.63) is 65.2 Å². The fourth-order valence-corrected chi connectivity index (χ4v) is 3.16. The molecule has 0 atom stereocenters. The van der Waals surface area contributed by atoms with Crippen molar-refractivity contribution in [1.82, 2.24) is 19.9 Å².